The van der Waals surface area contributed by atoms with Crippen LogP contribution in [0, 0.1) is 0 Å². The van der Waals surface area contributed by atoms with Gasteiger partial charge in [-0.05, 0) is 0 Å². The van der Waals surface area contributed by atoms with Crippen molar-refractivity contribution in [1.29, 1.82) is 0 Å². The van der Waals surface area contributed by atoms with Gasteiger partial charge in [0, 0.05) is 6.92 Å². The molecular weight excluding hydrogens is 72.0 g/mol. The van der Waals surface area contributed by atoms with E-state index in [1.54, 1.807) is 0 Å². The molecule has 5 heavy (non-hydrogen) atoms. The molecule has 0 unspecified atom stereocenters. The van der Waals surface area contributed by atoms with Gasteiger partial charge in [-0.15, -0.1) is 0 Å². The van der Waals surface area contributed by atoms with Crippen molar-refractivity contribution in [2.45, 2.75) is 6.92 Å². The molecule has 3 heteroatoms. The number of carbonyl (C=O) groups excluding carboxylic acids is 1. The monoisotopic (exact) mass is 77.0 g/mol. The fourth-order valence-electron chi connectivity index (χ4n) is 0. The predicted octanol–water partition coefficient (Wildman–Crippen LogP) is -0.861. The molecule has 0 aliphatic rings. The van der Waals surface area contributed by atoms with Crippen LogP contribution < -0.4 is 0 Å². The van der Waals surface area contributed by atoms with Gasteiger partial charge in [0.1, 0.15) is 0 Å². The van der Waals surface area contributed by atoms with Gasteiger partial charge in [-0.2, -0.15) is 0 Å². The molecule has 2 N–H and O–H groups in total. The van der Waals surface area contributed by atoms with Crippen LogP contribution in [-0.2, 0) is 9.90 Å². The highest BCUT2D eigenvalue weighted by atomic mass is 16.4. The zero-order valence-corrected chi connectivity index (χ0v) is 2.82. The SMILES string of the molecule is CC([O])=O.O. The first kappa shape index (κ1) is 8.83. The van der Waals surface area contributed by atoms with Gasteiger partial charge in [0.25, 0.3) is 0 Å². The van der Waals surface area contributed by atoms with Gasteiger partial charge >= 0.3 is 5.97 Å². The molecule has 0 aromatic carbocycles. The summed E-state index contributed by atoms with van der Waals surface area (Å²) in [6.45, 7) is 0.972. The van der Waals surface area contributed by atoms with Crippen molar-refractivity contribution >= 4 is 5.97 Å². The Kier molecular flexibility index (Phi) is 6.05. The molecule has 1 radical (unpaired) electrons. The molecule has 0 heterocycles. The Labute approximate surface area is 29.5 Å². The molecule has 0 amide bonds. The molecule has 0 aromatic rings. The fraction of sp³-hybridized carbons (Fsp3) is 0.500. The van der Waals surface area contributed by atoms with E-state index >= 15 is 0 Å². The maximum absolute atomic E-state index is 8.89. The van der Waals surface area contributed by atoms with Gasteiger partial charge in [-0.3, -0.25) is 0 Å². The third kappa shape index (κ3) is 21.6. The van der Waals surface area contributed by atoms with Gasteiger partial charge in [-0.25, -0.2) is 9.90 Å². The van der Waals surface area contributed by atoms with E-state index in [-0.39, 0.29) is 5.48 Å². The highest BCUT2D eigenvalue weighted by molar-refractivity contribution is 5.62. The van der Waals surface area contributed by atoms with Gasteiger partial charge in [-0.1, -0.05) is 0 Å². The Bertz CT molecular complexity index is 27.9. The van der Waals surface area contributed by atoms with E-state index in [1.807, 2.05) is 0 Å². The Morgan fingerprint density at radius 1 is 1.60 bits per heavy atom. The summed E-state index contributed by atoms with van der Waals surface area (Å²) >= 11 is 0. The average molecular weight is 77.1 g/mol. The van der Waals surface area contributed by atoms with E-state index in [9.17, 15) is 0 Å². The third-order valence-electron chi connectivity index (χ3n) is 0. The molecule has 0 spiro atoms. The van der Waals surface area contributed by atoms with Crippen LogP contribution in [0.4, 0.5) is 0 Å². The molecule has 0 saturated heterocycles. The molecule has 3 nitrogen and oxygen atoms in total. The van der Waals surface area contributed by atoms with Crippen molar-refractivity contribution in [1.82, 2.24) is 0 Å². The Hall–Kier alpha value is -0.570. The molecule has 0 bridgehead atoms. The van der Waals surface area contributed by atoms with E-state index < -0.39 is 5.97 Å². The first-order chi connectivity index (χ1) is 1.73. The van der Waals surface area contributed by atoms with Crippen LogP contribution in [0.25, 0.3) is 0 Å². The van der Waals surface area contributed by atoms with Crippen LogP contribution in [0.2, 0.25) is 0 Å². The summed E-state index contributed by atoms with van der Waals surface area (Å²) in [5.74, 6) is -1.08. The Morgan fingerprint density at radius 2 is 1.60 bits per heavy atom. The minimum Gasteiger partial charge on any atom is -0.412 e. The minimum atomic E-state index is -1.08. The van der Waals surface area contributed by atoms with Crippen molar-refractivity contribution in [3.63, 3.8) is 0 Å². The molecular formula is C2H5O3. The van der Waals surface area contributed by atoms with E-state index in [2.05, 4.69) is 0 Å². The fourth-order valence-corrected chi connectivity index (χ4v) is 0. The number of hydrogen-bond acceptors (Lipinski definition) is 1. The highest BCUT2D eigenvalue weighted by Crippen LogP contribution is 1.45. The van der Waals surface area contributed by atoms with Crippen LogP contribution in [0.3, 0.4) is 0 Å². The lowest BCUT2D eigenvalue weighted by Crippen LogP contribution is -1.74. The van der Waals surface area contributed by atoms with Crippen molar-refractivity contribution < 1.29 is 15.4 Å². The first-order valence-corrected chi connectivity index (χ1v) is 0.908. The van der Waals surface area contributed by atoms with E-state index in [0.717, 1.165) is 6.92 Å². The summed E-state index contributed by atoms with van der Waals surface area (Å²) in [5, 5.41) is 8.89. The third-order valence-corrected chi connectivity index (χ3v) is 0. The van der Waals surface area contributed by atoms with Gasteiger partial charge in [0.05, 0.1) is 0 Å². The second-order valence-electron chi connectivity index (χ2n) is 0.492. The summed E-state index contributed by atoms with van der Waals surface area (Å²) in [7, 11) is 0. The normalized spacial score (nSPS) is 5.00. The lowest BCUT2D eigenvalue weighted by molar-refractivity contribution is -0.140. The quantitative estimate of drug-likeness (QED) is 0.371. The van der Waals surface area contributed by atoms with Crippen molar-refractivity contribution in [2.75, 3.05) is 0 Å². The minimum absolute atomic E-state index is 0. The van der Waals surface area contributed by atoms with Gasteiger partial charge < -0.3 is 5.48 Å². The smallest absolute Gasteiger partial charge is 0.352 e. The number of carbonyl (C=O) groups is 1. The number of rotatable bonds is 0. The lowest BCUT2D eigenvalue weighted by Gasteiger charge is -1.50. The lowest BCUT2D eigenvalue weighted by atomic mass is 10.9. The van der Waals surface area contributed by atoms with Crippen LogP contribution >= 0.6 is 0 Å². The average Bonchev–Trinajstić information content (AvgIpc) is 0.811. The predicted molar refractivity (Wildman–Crippen MR) is 15.0 cm³/mol. The zero-order valence-electron chi connectivity index (χ0n) is 2.82. The molecule has 0 saturated carbocycles. The largest absolute Gasteiger partial charge is 0.412 e. The highest BCUT2D eigenvalue weighted by Gasteiger charge is 1.71. The van der Waals surface area contributed by atoms with Crippen molar-refractivity contribution in [3.8, 4) is 0 Å². The Balaban J connectivity index is 0. The standard InChI is InChI=1S/C2H3O2.H2O/c1-2(3)4;/h1H3;1H2. The van der Waals surface area contributed by atoms with Crippen LogP contribution in [0.5, 0.6) is 0 Å². The molecule has 0 aliphatic carbocycles. The summed E-state index contributed by atoms with van der Waals surface area (Å²) in [6.07, 6.45) is 0. The molecule has 0 rings (SSSR count). The first-order valence-electron chi connectivity index (χ1n) is 0.908. The molecule has 0 atom stereocenters. The summed E-state index contributed by atoms with van der Waals surface area (Å²) in [4.78, 5) is 8.89. The maximum atomic E-state index is 8.89. The van der Waals surface area contributed by atoms with Crippen molar-refractivity contribution in [2.24, 2.45) is 0 Å². The summed E-state index contributed by atoms with van der Waals surface area (Å²) in [6, 6.07) is 0. The second-order valence-corrected chi connectivity index (χ2v) is 0.492. The van der Waals surface area contributed by atoms with E-state index in [4.69, 9.17) is 9.90 Å². The summed E-state index contributed by atoms with van der Waals surface area (Å²) in [5.41, 5.74) is 0. The van der Waals surface area contributed by atoms with Crippen LogP contribution in [-0.4, -0.2) is 11.4 Å². The van der Waals surface area contributed by atoms with Gasteiger partial charge in [0.2, 0.25) is 0 Å². The van der Waals surface area contributed by atoms with Crippen LogP contribution in [0.1, 0.15) is 6.92 Å². The van der Waals surface area contributed by atoms with E-state index in [1.165, 1.54) is 0 Å². The second kappa shape index (κ2) is 3.43. The van der Waals surface area contributed by atoms with Gasteiger partial charge in [0.15, 0.2) is 0 Å². The topological polar surface area (TPSA) is 68.5 Å². The molecule has 0 aliphatic heterocycles. The summed E-state index contributed by atoms with van der Waals surface area (Å²) < 4.78 is 0. The molecule has 31 valence electrons. The van der Waals surface area contributed by atoms with Crippen molar-refractivity contribution in [3.05, 3.63) is 0 Å². The maximum Gasteiger partial charge on any atom is 0.352 e. The van der Waals surface area contributed by atoms with E-state index in [0.29, 0.717) is 0 Å². The Morgan fingerprint density at radius 3 is 1.60 bits per heavy atom. The zero-order chi connectivity index (χ0) is 3.58. The molecule has 0 aromatic heterocycles. The molecule has 0 fully saturated rings. The number of hydrogen-bond donors (Lipinski definition) is 0. The van der Waals surface area contributed by atoms with Crippen LogP contribution in [0.15, 0.2) is 0 Å².